The molecule has 0 aliphatic carbocycles. The van der Waals surface area contributed by atoms with E-state index in [4.69, 9.17) is 0 Å². The van der Waals surface area contributed by atoms with Crippen LogP contribution >= 0.6 is 0 Å². The average molecular weight is 299 g/mol. The molecule has 1 aliphatic rings. The first-order valence-corrected chi connectivity index (χ1v) is 8.10. The molecule has 0 N–H and O–H groups in total. The van der Waals surface area contributed by atoms with E-state index in [1.54, 1.807) is 12.7 Å². The Bertz CT molecular complexity index is 539. The number of likely N-dealkylation sites (N-methyl/N-ethyl adjacent to an activating group) is 1. The van der Waals surface area contributed by atoms with Gasteiger partial charge in [-0.05, 0) is 32.0 Å². The highest BCUT2D eigenvalue weighted by molar-refractivity contribution is 5.14. The molecule has 0 saturated carbocycles. The molecule has 1 atom stereocenters. The van der Waals surface area contributed by atoms with Gasteiger partial charge >= 0.3 is 0 Å². The predicted molar refractivity (Wildman–Crippen MR) is 87.4 cm³/mol. The second kappa shape index (κ2) is 7.51. The van der Waals surface area contributed by atoms with Crippen LogP contribution in [-0.2, 0) is 13.1 Å². The lowest BCUT2D eigenvalue weighted by Crippen LogP contribution is -2.46. The third-order valence-corrected chi connectivity index (χ3v) is 4.50. The van der Waals surface area contributed by atoms with Crippen LogP contribution in [0.25, 0.3) is 0 Å². The van der Waals surface area contributed by atoms with E-state index in [-0.39, 0.29) is 0 Å². The maximum Gasteiger partial charge on any atom is 0.137 e. The van der Waals surface area contributed by atoms with Gasteiger partial charge in [0, 0.05) is 25.7 Å². The molecule has 22 heavy (non-hydrogen) atoms. The van der Waals surface area contributed by atoms with Gasteiger partial charge in [0.1, 0.15) is 12.7 Å². The molecule has 118 valence electrons. The molecular weight excluding hydrogens is 274 g/mol. The zero-order chi connectivity index (χ0) is 15.2. The number of hydrogen-bond donors (Lipinski definition) is 0. The van der Waals surface area contributed by atoms with Crippen molar-refractivity contribution in [2.45, 2.75) is 32.0 Å². The molecule has 1 aromatic heterocycles. The van der Waals surface area contributed by atoms with Gasteiger partial charge in [0.15, 0.2) is 0 Å². The van der Waals surface area contributed by atoms with Crippen LogP contribution in [-0.4, -0.2) is 57.3 Å². The Morgan fingerprint density at radius 2 is 2.14 bits per heavy atom. The van der Waals surface area contributed by atoms with E-state index >= 15 is 0 Å². The summed E-state index contributed by atoms with van der Waals surface area (Å²) in [6, 6.07) is 11.4. The normalized spacial score (nSPS) is 19.6. The molecule has 0 bridgehead atoms. The van der Waals surface area contributed by atoms with Crippen LogP contribution in [0.1, 0.15) is 18.4 Å². The minimum absolute atomic E-state index is 0.640. The molecule has 5 heteroatoms. The summed E-state index contributed by atoms with van der Waals surface area (Å²) in [6.45, 7) is 5.36. The van der Waals surface area contributed by atoms with Crippen molar-refractivity contribution < 1.29 is 0 Å². The first kappa shape index (κ1) is 15.2. The molecule has 0 amide bonds. The lowest BCUT2D eigenvalue weighted by atomic mass is 10.0. The van der Waals surface area contributed by atoms with Gasteiger partial charge in [-0.25, -0.2) is 4.98 Å². The minimum Gasteiger partial charge on any atom is -0.300 e. The Hall–Kier alpha value is -1.72. The Kier molecular flexibility index (Phi) is 5.19. The van der Waals surface area contributed by atoms with Crippen LogP contribution < -0.4 is 0 Å². The Morgan fingerprint density at radius 1 is 1.27 bits per heavy atom. The van der Waals surface area contributed by atoms with Gasteiger partial charge < -0.3 is 4.90 Å². The van der Waals surface area contributed by atoms with Gasteiger partial charge in [-0.15, -0.1) is 0 Å². The summed E-state index contributed by atoms with van der Waals surface area (Å²) in [5.74, 6) is 0. The standard InChI is InChI=1S/C17H25N5/c1-20(10-11-22-15-18-14-19-22)17-8-5-9-21(13-17)12-16-6-3-2-4-7-16/h2-4,6-7,14-15,17H,5,8-13H2,1H3/t17-/m0/s1. The van der Waals surface area contributed by atoms with Crippen LogP contribution in [0.2, 0.25) is 0 Å². The van der Waals surface area contributed by atoms with Crippen molar-refractivity contribution in [1.29, 1.82) is 0 Å². The van der Waals surface area contributed by atoms with Gasteiger partial charge in [0.2, 0.25) is 0 Å². The fourth-order valence-corrected chi connectivity index (χ4v) is 3.17. The van der Waals surface area contributed by atoms with Gasteiger partial charge in [-0.1, -0.05) is 30.3 Å². The topological polar surface area (TPSA) is 37.2 Å². The predicted octanol–water partition coefficient (Wildman–Crippen LogP) is 1.87. The van der Waals surface area contributed by atoms with Crippen molar-refractivity contribution >= 4 is 0 Å². The first-order chi connectivity index (χ1) is 10.8. The second-order valence-electron chi connectivity index (χ2n) is 6.16. The van der Waals surface area contributed by atoms with Gasteiger partial charge in [-0.3, -0.25) is 9.58 Å². The molecule has 0 spiro atoms. The molecular formula is C17H25N5. The highest BCUT2D eigenvalue weighted by Crippen LogP contribution is 2.17. The minimum atomic E-state index is 0.640. The van der Waals surface area contributed by atoms with Crippen molar-refractivity contribution in [2.24, 2.45) is 0 Å². The van der Waals surface area contributed by atoms with E-state index in [9.17, 15) is 0 Å². The van der Waals surface area contributed by atoms with Crippen molar-refractivity contribution in [3.8, 4) is 0 Å². The average Bonchev–Trinajstić information content (AvgIpc) is 3.07. The summed E-state index contributed by atoms with van der Waals surface area (Å²) >= 11 is 0. The van der Waals surface area contributed by atoms with Crippen LogP contribution in [0.4, 0.5) is 0 Å². The fraction of sp³-hybridized carbons (Fsp3) is 0.529. The summed E-state index contributed by atoms with van der Waals surface area (Å²) in [5, 5.41) is 4.17. The Balaban J connectivity index is 1.49. The van der Waals surface area contributed by atoms with E-state index in [0.717, 1.165) is 26.2 Å². The summed E-state index contributed by atoms with van der Waals surface area (Å²) in [7, 11) is 2.23. The molecule has 3 rings (SSSR count). The quantitative estimate of drug-likeness (QED) is 0.816. The zero-order valence-electron chi connectivity index (χ0n) is 13.3. The summed E-state index contributed by atoms with van der Waals surface area (Å²) in [4.78, 5) is 9.05. The maximum absolute atomic E-state index is 4.17. The summed E-state index contributed by atoms with van der Waals surface area (Å²) < 4.78 is 1.90. The monoisotopic (exact) mass is 299 g/mol. The van der Waals surface area contributed by atoms with Crippen LogP contribution in [0.3, 0.4) is 0 Å². The van der Waals surface area contributed by atoms with Crippen LogP contribution in [0.15, 0.2) is 43.0 Å². The molecule has 1 saturated heterocycles. The lowest BCUT2D eigenvalue weighted by molar-refractivity contribution is 0.108. The number of rotatable bonds is 6. The highest BCUT2D eigenvalue weighted by atomic mass is 15.3. The van der Waals surface area contributed by atoms with Gasteiger partial charge in [0.05, 0.1) is 6.54 Å². The third-order valence-electron chi connectivity index (χ3n) is 4.50. The molecule has 2 aromatic rings. The van der Waals surface area contributed by atoms with Crippen molar-refractivity contribution in [3.05, 3.63) is 48.5 Å². The number of aromatic nitrogens is 3. The zero-order valence-corrected chi connectivity index (χ0v) is 13.3. The molecule has 2 heterocycles. The van der Waals surface area contributed by atoms with Gasteiger partial charge in [0.25, 0.3) is 0 Å². The third kappa shape index (κ3) is 4.15. The van der Waals surface area contributed by atoms with Crippen LogP contribution in [0, 0.1) is 0 Å². The van der Waals surface area contributed by atoms with Gasteiger partial charge in [-0.2, -0.15) is 5.10 Å². The highest BCUT2D eigenvalue weighted by Gasteiger charge is 2.23. The van der Waals surface area contributed by atoms with Crippen molar-refractivity contribution in [2.75, 3.05) is 26.7 Å². The number of likely N-dealkylation sites (tertiary alicyclic amines) is 1. The molecule has 0 radical (unpaired) electrons. The molecule has 0 unspecified atom stereocenters. The molecule has 1 aliphatic heterocycles. The molecule has 1 aromatic carbocycles. The van der Waals surface area contributed by atoms with E-state index in [1.165, 1.54) is 24.9 Å². The van der Waals surface area contributed by atoms with E-state index in [2.05, 4.69) is 57.3 Å². The van der Waals surface area contributed by atoms with E-state index in [0.29, 0.717) is 6.04 Å². The largest absolute Gasteiger partial charge is 0.300 e. The molecule has 5 nitrogen and oxygen atoms in total. The number of nitrogens with zero attached hydrogens (tertiary/aromatic N) is 5. The number of benzene rings is 1. The smallest absolute Gasteiger partial charge is 0.137 e. The maximum atomic E-state index is 4.17. The van der Waals surface area contributed by atoms with E-state index < -0.39 is 0 Å². The molecule has 1 fully saturated rings. The SMILES string of the molecule is CN(CCn1cncn1)[C@H]1CCCN(Cc2ccccc2)C1. The van der Waals surface area contributed by atoms with E-state index in [1.807, 2.05) is 4.68 Å². The summed E-state index contributed by atoms with van der Waals surface area (Å²) in [6.07, 6.45) is 5.96. The fourth-order valence-electron chi connectivity index (χ4n) is 3.17. The number of hydrogen-bond acceptors (Lipinski definition) is 4. The second-order valence-corrected chi connectivity index (χ2v) is 6.16. The van der Waals surface area contributed by atoms with Crippen molar-refractivity contribution in [3.63, 3.8) is 0 Å². The Morgan fingerprint density at radius 3 is 2.91 bits per heavy atom. The lowest BCUT2D eigenvalue weighted by Gasteiger charge is -2.37. The van der Waals surface area contributed by atoms with Crippen molar-refractivity contribution in [1.82, 2.24) is 24.6 Å². The number of piperidine rings is 1. The first-order valence-electron chi connectivity index (χ1n) is 8.10. The summed E-state index contributed by atoms with van der Waals surface area (Å²) in [5.41, 5.74) is 1.41. The van der Waals surface area contributed by atoms with Crippen LogP contribution in [0.5, 0.6) is 0 Å². The Labute approximate surface area is 132 Å².